The van der Waals surface area contributed by atoms with Gasteiger partial charge >= 0.3 is 0 Å². The minimum absolute atomic E-state index is 0.0860. The molecule has 0 spiro atoms. The summed E-state index contributed by atoms with van der Waals surface area (Å²) in [6.07, 6.45) is 0.0860. The van der Waals surface area contributed by atoms with Crippen LogP contribution in [0.2, 0.25) is 0 Å². The Hall–Kier alpha value is -0.650. The van der Waals surface area contributed by atoms with Crippen molar-refractivity contribution >= 4 is 20.0 Å². The summed E-state index contributed by atoms with van der Waals surface area (Å²) in [6, 6.07) is 6.29. The van der Waals surface area contributed by atoms with Gasteiger partial charge in [0.2, 0.25) is 0 Å². The molecule has 1 unspecified atom stereocenters. The van der Waals surface area contributed by atoms with Crippen molar-refractivity contribution in [3.8, 4) is 5.75 Å². The van der Waals surface area contributed by atoms with Crippen LogP contribution >= 0.6 is 0 Å². The van der Waals surface area contributed by atoms with Crippen molar-refractivity contribution < 1.29 is 13.5 Å². The van der Waals surface area contributed by atoms with Crippen molar-refractivity contribution in [1.82, 2.24) is 0 Å². The smallest absolute Gasteiger partial charge is 0.171 e. The van der Waals surface area contributed by atoms with Crippen molar-refractivity contribution in [1.29, 1.82) is 0 Å². The molecule has 1 aromatic carbocycles. The quantitative estimate of drug-likeness (QED) is 0.866. The average Bonchev–Trinajstić information content (AvgIpc) is 2.02. The lowest BCUT2D eigenvalue weighted by atomic mass is 10.3. The second-order valence-electron chi connectivity index (χ2n) is 3.11. The predicted octanol–water partition coefficient (Wildman–Crippen LogP) is 2.05. The standard InChI is InChI=1S/C9H12O3S2/c1-7(2)12-8-3-5-9(6-4-8)14(10,11)13/h3-7H,1-2H3,(H,10,11,13). The van der Waals surface area contributed by atoms with Gasteiger partial charge in [-0.3, -0.25) is 0 Å². The summed E-state index contributed by atoms with van der Waals surface area (Å²) in [7, 11) is -3.27. The first-order chi connectivity index (χ1) is 6.39. The summed E-state index contributed by atoms with van der Waals surface area (Å²) in [4.78, 5) is 0.239. The Kier molecular flexibility index (Phi) is 3.47. The Morgan fingerprint density at radius 1 is 1.36 bits per heavy atom. The molecule has 1 rings (SSSR count). The van der Waals surface area contributed by atoms with Crippen molar-refractivity contribution in [3.63, 3.8) is 0 Å². The number of hydrogen-bond acceptors (Lipinski definition) is 3. The van der Waals surface area contributed by atoms with Gasteiger partial charge in [0.05, 0.1) is 11.0 Å². The lowest BCUT2D eigenvalue weighted by molar-refractivity contribution is 0.242. The molecule has 0 aliphatic heterocycles. The topological polar surface area (TPSA) is 46.5 Å². The summed E-state index contributed by atoms with van der Waals surface area (Å²) < 4.78 is 25.5. The largest absolute Gasteiger partial charge is 0.491 e. The highest BCUT2D eigenvalue weighted by molar-refractivity contribution is 8.29. The van der Waals surface area contributed by atoms with Crippen LogP contribution in [0.25, 0.3) is 0 Å². The molecule has 0 aliphatic carbocycles. The van der Waals surface area contributed by atoms with Crippen LogP contribution in [-0.2, 0) is 20.0 Å². The van der Waals surface area contributed by atoms with Crippen LogP contribution in [0.1, 0.15) is 13.8 Å². The van der Waals surface area contributed by atoms with E-state index in [2.05, 4.69) is 11.2 Å². The molecule has 1 atom stereocenters. The SMILES string of the molecule is CC(C)Oc1ccc(S(=O)(O)=S)cc1. The predicted molar refractivity (Wildman–Crippen MR) is 58.6 cm³/mol. The zero-order valence-electron chi connectivity index (χ0n) is 7.97. The Morgan fingerprint density at radius 2 is 1.86 bits per heavy atom. The molecule has 14 heavy (non-hydrogen) atoms. The molecule has 78 valence electrons. The minimum atomic E-state index is -3.27. The van der Waals surface area contributed by atoms with Crippen molar-refractivity contribution in [2.75, 3.05) is 0 Å². The lowest BCUT2D eigenvalue weighted by Crippen LogP contribution is -2.05. The maximum absolute atomic E-state index is 11.1. The Bertz CT molecular complexity index is 393. The Morgan fingerprint density at radius 3 is 2.21 bits per heavy atom. The van der Waals surface area contributed by atoms with Gasteiger partial charge in [-0.1, -0.05) is 0 Å². The van der Waals surface area contributed by atoms with E-state index in [-0.39, 0.29) is 11.0 Å². The molecule has 0 bridgehead atoms. The van der Waals surface area contributed by atoms with Crippen molar-refractivity contribution in [2.24, 2.45) is 0 Å². The molecular weight excluding hydrogens is 220 g/mol. The highest BCUT2D eigenvalue weighted by Crippen LogP contribution is 2.16. The number of hydrogen-bond donors (Lipinski definition) is 1. The molecule has 1 aromatic rings. The molecule has 5 heteroatoms. The van der Waals surface area contributed by atoms with Gasteiger partial charge in [0, 0.05) is 11.2 Å². The number of ether oxygens (including phenoxy) is 1. The van der Waals surface area contributed by atoms with E-state index in [4.69, 9.17) is 9.29 Å². The molecule has 0 heterocycles. The van der Waals surface area contributed by atoms with Gasteiger partial charge in [0.1, 0.15) is 5.75 Å². The van der Waals surface area contributed by atoms with Crippen LogP contribution in [0.15, 0.2) is 29.2 Å². The van der Waals surface area contributed by atoms with Crippen molar-refractivity contribution in [3.05, 3.63) is 24.3 Å². The normalized spacial score (nSPS) is 15.1. The second kappa shape index (κ2) is 4.25. The van der Waals surface area contributed by atoms with Gasteiger partial charge in [-0.05, 0) is 38.1 Å². The molecule has 1 N–H and O–H groups in total. The summed E-state index contributed by atoms with van der Waals surface area (Å²) >= 11 is 4.42. The van der Waals surface area contributed by atoms with E-state index in [1.807, 2.05) is 13.8 Å². The van der Waals surface area contributed by atoms with Gasteiger partial charge in [-0.15, -0.1) is 0 Å². The first kappa shape index (κ1) is 11.4. The number of rotatable bonds is 3. The highest BCUT2D eigenvalue weighted by atomic mass is 32.8. The summed E-state index contributed by atoms with van der Waals surface area (Å²) in [5, 5.41) is 0. The van der Waals surface area contributed by atoms with Crippen molar-refractivity contribution in [2.45, 2.75) is 24.8 Å². The van der Waals surface area contributed by atoms with E-state index < -0.39 is 8.77 Å². The van der Waals surface area contributed by atoms with E-state index in [9.17, 15) is 4.21 Å². The van der Waals surface area contributed by atoms with Crippen LogP contribution in [0.3, 0.4) is 0 Å². The lowest BCUT2D eigenvalue weighted by Gasteiger charge is -2.09. The Balaban J connectivity index is 2.90. The Labute approximate surface area is 88.6 Å². The van der Waals surface area contributed by atoms with Crippen LogP contribution < -0.4 is 4.74 Å². The molecule has 0 saturated carbocycles. The third-order valence-electron chi connectivity index (χ3n) is 1.49. The van der Waals surface area contributed by atoms with Crippen LogP contribution in [0, 0.1) is 0 Å². The third kappa shape index (κ3) is 3.25. The molecule has 0 aromatic heterocycles. The summed E-state index contributed by atoms with van der Waals surface area (Å²) in [5.41, 5.74) is 0. The van der Waals surface area contributed by atoms with Gasteiger partial charge < -0.3 is 9.29 Å². The van der Waals surface area contributed by atoms with Crippen LogP contribution in [-0.4, -0.2) is 14.9 Å². The van der Waals surface area contributed by atoms with Gasteiger partial charge in [0.25, 0.3) is 0 Å². The fourth-order valence-corrected chi connectivity index (χ4v) is 1.78. The van der Waals surface area contributed by atoms with E-state index >= 15 is 0 Å². The monoisotopic (exact) mass is 232 g/mol. The zero-order valence-corrected chi connectivity index (χ0v) is 9.60. The third-order valence-corrected chi connectivity index (χ3v) is 2.94. The second-order valence-corrected chi connectivity index (χ2v) is 5.89. The average molecular weight is 232 g/mol. The molecule has 0 fully saturated rings. The van der Waals surface area contributed by atoms with Crippen LogP contribution in [0.5, 0.6) is 5.75 Å². The number of benzene rings is 1. The molecule has 0 aliphatic rings. The molecule has 0 radical (unpaired) electrons. The maximum atomic E-state index is 11.1. The first-order valence-corrected chi connectivity index (χ1v) is 6.58. The first-order valence-electron chi connectivity index (χ1n) is 4.14. The summed E-state index contributed by atoms with van der Waals surface area (Å²) in [6.45, 7) is 3.83. The van der Waals surface area contributed by atoms with E-state index in [1.54, 1.807) is 12.1 Å². The fourth-order valence-electron chi connectivity index (χ4n) is 0.962. The molecular formula is C9H12O3S2. The molecule has 0 saturated heterocycles. The highest BCUT2D eigenvalue weighted by Gasteiger charge is 2.05. The van der Waals surface area contributed by atoms with E-state index in [0.717, 1.165) is 0 Å². The van der Waals surface area contributed by atoms with Gasteiger partial charge in [-0.25, -0.2) is 4.21 Å². The maximum Gasteiger partial charge on any atom is 0.171 e. The fraction of sp³-hybridized carbons (Fsp3) is 0.333. The minimum Gasteiger partial charge on any atom is -0.491 e. The molecule has 0 amide bonds. The zero-order chi connectivity index (χ0) is 10.8. The van der Waals surface area contributed by atoms with E-state index in [1.165, 1.54) is 12.1 Å². The van der Waals surface area contributed by atoms with E-state index in [0.29, 0.717) is 5.75 Å². The van der Waals surface area contributed by atoms with Crippen LogP contribution in [0.4, 0.5) is 0 Å². The summed E-state index contributed by atoms with van der Waals surface area (Å²) in [5.74, 6) is 0.669. The van der Waals surface area contributed by atoms with Gasteiger partial charge in [0.15, 0.2) is 8.77 Å². The van der Waals surface area contributed by atoms with Gasteiger partial charge in [-0.2, -0.15) is 0 Å². The molecule has 3 nitrogen and oxygen atoms in total.